The first-order valence-corrected chi connectivity index (χ1v) is 12.9. The normalized spacial score (nSPS) is 18.3. The zero-order valence-corrected chi connectivity index (χ0v) is 20.4. The number of likely N-dealkylation sites (tertiary alicyclic amines) is 1. The zero-order valence-electron chi connectivity index (χ0n) is 19.6. The van der Waals surface area contributed by atoms with Gasteiger partial charge >= 0.3 is 5.97 Å². The number of thiophene rings is 1. The molecule has 1 saturated carbocycles. The SMILES string of the molecule is CCOC(=O)c1c(NC(=O)CN2CCC(NC(=O)C3CCCCC3)CC2)sc(C)c1CC. The molecule has 3 rings (SSSR count). The van der Waals surface area contributed by atoms with E-state index in [2.05, 4.69) is 15.5 Å². The Morgan fingerprint density at radius 2 is 1.75 bits per heavy atom. The Bertz CT molecular complexity index is 808. The second-order valence-corrected chi connectivity index (χ2v) is 10.1. The van der Waals surface area contributed by atoms with Gasteiger partial charge in [0, 0.05) is 29.9 Å². The van der Waals surface area contributed by atoms with E-state index in [1.807, 2.05) is 13.8 Å². The molecule has 1 aromatic heterocycles. The summed E-state index contributed by atoms with van der Waals surface area (Å²) in [5.41, 5.74) is 1.44. The minimum atomic E-state index is -0.376. The third-order valence-corrected chi connectivity index (χ3v) is 7.64. The minimum Gasteiger partial charge on any atom is -0.462 e. The number of carbonyl (C=O) groups excluding carboxylic acids is 3. The Kier molecular flexibility index (Phi) is 9.11. The van der Waals surface area contributed by atoms with Crippen molar-refractivity contribution in [3.8, 4) is 0 Å². The second-order valence-electron chi connectivity index (χ2n) is 8.86. The van der Waals surface area contributed by atoms with Crippen LogP contribution < -0.4 is 10.6 Å². The fourth-order valence-electron chi connectivity index (χ4n) is 4.80. The number of ether oxygens (including phenoxy) is 1. The number of aryl methyl sites for hydroxylation is 1. The highest BCUT2D eigenvalue weighted by Crippen LogP contribution is 2.34. The van der Waals surface area contributed by atoms with Crippen LogP contribution in [0.15, 0.2) is 0 Å². The number of carbonyl (C=O) groups is 3. The molecule has 32 heavy (non-hydrogen) atoms. The zero-order chi connectivity index (χ0) is 23.1. The third-order valence-electron chi connectivity index (χ3n) is 6.57. The van der Waals surface area contributed by atoms with E-state index in [9.17, 15) is 14.4 Å². The molecule has 0 aromatic carbocycles. The minimum absolute atomic E-state index is 0.121. The average Bonchev–Trinajstić information content (AvgIpc) is 3.10. The number of hydrogen-bond donors (Lipinski definition) is 2. The Hall–Kier alpha value is -1.93. The van der Waals surface area contributed by atoms with Crippen molar-refractivity contribution < 1.29 is 19.1 Å². The van der Waals surface area contributed by atoms with E-state index in [0.717, 1.165) is 62.1 Å². The van der Waals surface area contributed by atoms with Gasteiger partial charge in [0.1, 0.15) is 5.00 Å². The number of amides is 2. The maximum atomic E-state index is 12.7. The summed E-state index contributed by atoms with van der Waals surface area (Å²) in [7, 11) is 0. The maximum absolute atomic E-state index is 12.7. The van der Waals surface area contributed by atoms with Crippen molar-refractivity contribution in [2.45, 2.75) is 78.2 Å². The fourth-order valence-corrected chi connectivity index (χ4v) is 5.95. The molecule has 7 nitrogen and oxygen atoms in total. The van der Waals surface area contributed by atoms with Gasteiger partial charge in [-0.3, -0.25) is 14.5 Å². The number of esters is 1. The van der Waals surface area contributed by atoms with E-state index in [4.69, 9.17) is 4.74 Å². The number of rotatable bonds is 8. The van der Waals surface area contributed by atoms with Crippen molar-refractivity contribution in [1.82, 2.24) is 10.2 Å². The summed E-state index contributed by atoms with van der Waals surface area (Å²) in [6, 6.07) is 0.200. The summed E-state index contributed by atoms with van der Waals surface area (Å²) < 4.78 is 5.21. The van der Waals surface area contributed by atoms with Crippen LogP contribution in [0, 0.1) is 12.8 Å². The molecule has 8 heteroatoms. The van der Waals surface area contributed by atoms with Crippen LogP contribution in [0.2, 0.25) is 0 Å². The predicted molar refractivity (Wildman–Crippen MR) is 127 cm³/mol. The lowest BCUT2D eigenvalue weighted by atomic mass is 9.88. The van der Waals surface area contributed by atoms with Gasteiger partial charge in [-0.25, -0.2) is 4.79 Å². The van der Waals surface area contributed by atoms with E-state index in [1.165, 1.54) is 17.8 Å². The highest BCUT2D eigenvalue weighted by atomic mass is 32.1. The average molecular weight is 464 g/mol. The largest absolute Gasteiger partial charge is 0.462 e. The molecule has 1 aliphatic carbocycles. The van der Waals surface area contributed by atoms with E-state index in [-0.39, 0.29) is 36.3 Å². The lowest BCUT2D eigenvalue weighted by Gasteiger charge is -2.33. The molecular weight excluding hydrogens is 426 g/mol. The molecule has 0 radical (unpaired) electrons. The van der Waals surface area contributed by atoms with Crippen LogP contribution in [0.25, 0.3) is 0 Å². The van der Waals surface area contributed by atoms with Gasteiger partial charge in [-0.05, 0) is 51.5 Å². The second kappa shape index (κ2) is 11.8. The molecule has 0 unspecified atom stereocenters. The molecule has 2 fully saturated rings. The molecule has 0 spiro atoms. The highest BCUT2D eigenvalue weighted by Gasteiger charge is 2.27. The van der Waals surface area contributed by atoms with Crippen molar-refractivity contribution in [3.05, 3.63) is 16.0 Å². The molecule has 1 aromatic rings. The lowest BCUT2D eigenvalue weighted by molar-refractivity contribution is -0.127. The molecule has 1 aliphatic heterocycles. The topological polar surface area (TPSA) is 87.7 Å². The monoisotopic (exact) mass is 463 g/mol. The number of nitrogens with one attached hydrogen (secondary N) is 2. The van der Waals surface area contributed by atoms with Crippen LogP contribution in [0.5, 0.6) is 0 Å². The van der Waals surface area contributed by atoms with E-state index >= 15 is 0 Å². The summed E-state index contributed by atoms with van der Waals surface area (Å²) in [6.45, 7) is 7.88. The highest BCUT2D eigenvalue weighted by molar-refractivity contribution is 7.16. The van der Waals surface area contributed by atoms with Gasteiger partial charge < -0.3 is 15.4 Å². The quantitative estimate of drug-likeness (QED) is 0.571. The van der Waals surface area contributed by atoms with Gasteiger partial charge in [-0.15, -0.1) is 11.3 Å². The van der Waals surface area contributed by atoms with Crippen LogP contribution in [0.1, 0.15) is 79.6 Å². The van der Waals surface area contributed by atoms with Gasteiger partial charge in [-0.2, -0.15) is 0 Å². The summed E-state index contributed by atoms with van der Waals surface area (Å²) >= 11 is 1.43. The van der Waals surface area contributed by atoms with Gasteiger partial charge in [0.25, 0.3) is 0 Å². The smallest absolute Gasteiger partial charge is 0.341 e. The molecular formula is C24H37N3O4S. The van der Waals surface area contributed by atoms with E-state index < -0.39 is 0 Å². The molecule has 2 heterocycles. The van der Waals surface area contributed by atoms with Gasteiger partial charge in [-0.1, -0.05) is 26.2 Å². The summed E-state index contributed by atoms with van der Waals surface area (Å²) in [5, 5.41) is 6.76. The summed E-state index contributed by atoms with van der Waals surface area (Å²) in [5.74, 6) is -0.0988. The standard InChI is InChI=1S/C24H37N3O4S/c1-4-19-16(3)32-23(21(19)24(30)31-5-2)26-20(28)15-27-13-11-18(12-14-27)25-22(29)17-9-7-6-8-10-17/h17-18H,4-15H2,1-3H3,(H,25,29)(H,26,28). The molecule has 1 saturated heterocycles. The number of nitrogens with zero attached hydrogens (tertiary/aromatic N) is 1. The van der Waals surface area contributed by atoms with Crippen LogP contribution in [-0.2, 0) is 20.7 Å². The van der Waals surface area contributed by atoms with Crippen molar-refractivity contribution in [2.24, 2.45) is 5.92 Å². The molecule has 2 aliphatic rings. The van der Waals surface area contributed by atoms with E-state index in [1.54, 1.807) is 6.92 Å². The first kappa shape index (κ1) is 24.7. The third kappa shape index (κ3) is 6.32. The molecule has 0 bridgehead atoms. The van der Waals surface area contributed by atoms with Gasteiger partial charge in [0.15, 0.2) is 0 Å². The Labute approximate surface area is 195 Å². The first-order valence-electron chi connectivity index (χ1n) is 12.0. The Morgan fingerprint density at radius 3 is 2.38 bits per heavy atom. The van der Waals surface area contributed by atoms with Crippen molar-refractivity contribution in [2.75, 3.05) is 31.6 Å². The van der Waals surface area contributed by atoms with Crippen molar-refractivity contribution in [3.63, 3.8) is 0 Å². The van der Waals surface area contributed by atoms with Gasteiger partial charge in [0.2, 0.25) is 11.8 Å². The van der Waals surface area contributed by atoms with Crippen LogP contribution in [-0.4, -0.2) is 55.0 Å². The number of hydrogen-bond acceptors (Lipinski definition) is 6. The first-order chi connectivity index (χ1) is 15.4. The van der Waals surface area contributed by atoms with Gasteiger partial charge in [0.05, 0.1) is 18.7 Å². The van der Waals surface area contributed by atoms with Crippen molar-refractivity contribution >= 4 is 34.1 Å². The molecule has 0 atom stereocenters. The number of piperidine rings is 1. The number of anilines is 1. The van der Waals surface area contributed by atoms with Crippen molar-refractivity contribution in [1.29, 1.82) is 0 Å². The summed E-state index contributed by atoms with van der Waals surface area (Å²) in [4.78, 5) is 40.8. The van der Waals surface area contributed by atoms with Crippen LogP contribution >= 0.6 is 11.3 Å². The molecule has 178 valence electrons. The van der Waals surface area contributed by atoms with E-state index in [0.29, 0.717) is 23.6 Å². The maximum Gasteiger partial charge on any atom is 0.341 e. The predicted octanol–water partition coefficient (Wildman–Crippen LogP) is 3.90. The van der Waals surface area contributed by atoms with Crippen LogP contribution in [0.4, 0.5) is 5.00 Å². The molecule has 2 amide bonds. The van der Waals surface area contributed by atoms with Crippen LogP contribution in [0.3, 0.4) is 0 Å². The fraction of sp³-hybridized carbons (Fsp3) is 0.708. The molecule has 2 N–H and O–H groups in total. The Balaban J connectivity index is 1.49. The summed E-state index contributed by atoms with van der Waals surface area (Å²) in [6.07, 6.45) is 8.03. The Morgan fingerprint density at radius 1 is 1.06 bits per heavy atom. The lowest BCUT2D eigenvalue weighted by Crippen LogP contribution is -2.48.